The number of aryl methyl sites for hydroxylation is 1. The molecule has 1 heterocycles. The van der Waals surface area contributed by atoms with Crippen molar-refractivity contribution < 1.29 is 20.1 Å². The van der Waals surface area contributed by atoms with E-state index in [1.54, 1.807) is 0 Å². The fourth-order valence-corrected chi connectivity index (χ4v) is 0.466. The van der Waals surface area contributed by atoms with E-state index in [0.29, 0.717) is 6.20 Å². The second-order valence-corrected chi connectivity index (χ2v) is 1.70. The van der Waals surface area contributed by atoms with Gasteiger partial charge >= 0.3 is 5.97 Å². The van der Waals surface area contributed by atoms with Gasteiger partial charge in [0, 0.05) is 11.0 Å². The topological polar surface area (TPSA) is 77.1 Å². The van der Waals surface area contributed by atoms with E-state index in [4.69, 9.17) is 10.6 Å². The zero-order valence-corrected chi connectivity index (χ0v) is 5.24. The number of nitrogens with zero attached hydrogens (tertiary/aromatic N) is 2. The van der Waals surface area contributed by atoms with Crippen LogP contribution in [0.2, 0.25) is 0 Å². The Hall–Kier alpha value is -1.65. The molecule has 1 rings (SSSR count). The Morgan fingerprint density at radius 2 is 2.82 bits per heavy atom. The maximum absolute atomic E-state index is 11.2. The van der Waals surface area contributed by atoms with E-state index >= 15 is 0 Å². The third-order valence-electron chi connectivity index (χ3n) is 0.945. The molecule has 0 unspecified atom stereocenters. The highest BCUT2D eigenvalue weighted by atomic mass is 16.5. The van der Waals surface area contributed by atoms with Crippen molar-refractivity contribution >= 4 is 5.97 Å². The molecule has 1 N–H and O–H groups in total. The Kier molecular flexibility index (Phi) is 0.842. The minimum absolute atomic E-state index is 0.260. The molecule has 0 aromatic carbocycles. The van der Waals surface area contributed by atoms with Gasteiger partial charge in [0.15, 0.2) is 0 Å². The molecular formula is C6H6N2O3. The van der Waals surface area contributed by atoms with Crippen molar-refractivity contribution in [3.63, 3.8) is 0 Å². The first-order valence-corrected chi connectivity index (χ1v) is 2.58. The molecule has 0 radical (unpaired) electrons. The number of hydrogen-bond acceptors (Lipinski definition) is 3. The second kappa shape index (κ2) is 2.53. The van der Waals surface area contributed by atoms with Gasteiger partial charge in [0.05, 0.1) is 6.20 Å². The molecule has 0 saturated heterocycles. The van der Waals surface area contributed by atoms with Crippen molar-refractivity contribution in [2.45, 2.75) is 6.85 Å². The summed E-state index contributed by atoms with van der Waals surface area (Å²) in [6, 6.07) is 0. The fraction of sp³-hybridized carbons (Fsp3) is 0.167. The number of carbonyl (C=O) groups is 1. The number of aromatic carboxylic acids is 1. The minimum atomic E-state index is -2.72. The maximum atomic E-state index is 11.2. The molecule has 0 bridgehead atoms. The molecule has 0 aliphatic rings. The van der Waals surface area contributed by atoms with Gasteiger partial charge in [-0.05, 0) is 0 Å². The lowest BCUT2D eigenvalue weighted by atomic mass is 10.4. The lowest BCUT2D eigenvalue weighted by Crippen LogP contribution is -2.31. The molecule has 1 aromatic rings. The summed E-state index contributed by atoms with van der Waals surface area (Å²) in [6.07, 6.45) is -0.349. The van der Waals surface area contributed by atoms with Crippen LogP contribution in [0.1, 0.15) is 21.7 Å². The molecule has 58 valence electrons. The third-order valence-corrected chi connectivity index (χ3v) is 0.945. The highest BCUT2D eigenvalue weighted by Gasteiger charge is 2.09. The molecule has 0 aliphatic carbocycles. The van der Waals surface area contributed by atoms with E-state index in [9.17, 15) is 10.0 Å². The van der Waals surface area contributed by atoms with Gasteiger partial charge < -0.3 is 10.3 Å². The SMILES string of the molecule is [2H]c1c(C(=O)O)ncc(C([2H])([2H])[2H])[n+]1[O-]. The lowest BCUT2D eigenvalue weighted by Gasteiger charge is -1.98. The van der Waals surface area contributed by atoms with Crippen LogP contribution in [-0.2, 0) is 0 Å². The van der Waals surface area contributed by atoms with Crippen molar-refractivity contribution in [2.75, 3.05) is 0 Å². The predicted octanol–water partition coefficient (Wildman–Crippen LogP) is -0.278. The molecule has 1 aromatic heterocycles. The summed E-state index contributed by atoms with van der Waals surface area (Å²) in [5, 5.41) is 19.7. The van der Waals surface area contributed by atoms with Gasteiger partial charge in [-0.15, -0.1) is 0 Å². The first-order chi connectivity index (χ1) is 6.75. The highest BCUT2D eigenvalue weighted by molar-refractivity contribution is 5.84. The van der Waals surface area contributed by atoms with Crippen molar-refractivity contribution in [2.24, 2.45) is 0 Å². The summed E-state index contributed by atoms with van der Waals surface area (Å²) < 4.78 is 27.6. The molecule has 0 amide bonds. The van der Waals surface area contributed by atoms with Crippen molar-refractivity contribution in [3.8, 4) is 0 Å². The van der Waals surface area contributed by atoms with Crippen LogP contribution >= 0.6 is 0 Å². The van der Waals surface area contributed by atoms with E-state index in [1.165, 1.54) is 0 Å². The number of hydrogen-bond donors (Lipinski definition) is 1. The summed E-state index contributed by atoms with van der Waals surface area (Å²) in [4.78, 5) is 13.7. The van der Waals surface area contributed by atoms with Gasteiger partial charge in [-0.2, -0.15) is 4.73 Å². The van der Waals surface area contributed by atoms with Crippen LogP contribution in [0.5, 0.6) is 0 Å². The summed E-state index contributed by atoms with van der Waals surface area (Å²) in [6.45, 7) is -2.72. The first-order valence-electron chi connectivity index (χ1n) is 4.58. The van der Waals surface area contributed by atoms with Crippen LogP contribution in [0.25, 0.3) is 0 Å². The highest BCUT2D eigenvalue weighted by Crippen LogP contribution is 1.90. The van der Waals surface area contributed by atoms with Gasteiger partial charge in [-0.25, -0.2) is 9.78 Å². The Labute approximate surface area is 68.1 Å². The number of carboxylic acids is 1. The largest absolute Gasteiger partial charge is 0.618 e. The molecule has 0 atom stereocenters. The smallest absolute Gasteiger partial charge is 0.360 e. The number of rotatable bonds is 1. The Morgan fingerprint density at radius 3 is 3.36 bits per heavy atom. The summed E-state index contributed by atoms with van der Waals surface area (Å²) in [5.41, 5.74) is -1.50. The van der Waals surface area contributed by atoms with E-state index in [1.807, 2.05) is 0 Å². The Morgan fingerprint density at radius 1 is 2.09 bits per heavy atom. The quantitative estimate of drug-likeness (QED) is 0.450. The Bertz CT molecular complexity index is 418. The first kappa shape index (κ1) is 3.66. The zero-order chi connectivity index (χ0) is 11.8. The molecule has 5 heteroatoms. The molecule has 5 nitrogen and oxygen atoms in total. The number of aromatic nitrogens is 2. The van der Waals surface area contributed by atoms with E-state index in [-0.39, 0.29) is 4.73 Å². The lowest BCUT2D eigenvalue weighted by molar-refractivity contribution is -0.613. The van der Waals surface area contributed by atoms with Crippen LogP contribution in [0, 0.1) is 12.1 Å². The van der Waals surface area contributed by atoms with Crippen LogP contribution in [-0.4, -0.2) is 16.1 Å². The predicted molar refractivity (Wildman–Crippen MR) is 34.9 cm³/mol. The second-order valence-electron chi connectivity index (χ2n) is 1.70. The van der Waals surface area contributed by atoms with E-state index < -0.39 is 30.4 Å². The van der Waals surface area contributed by atoms with Crippen LogP contribution in [0.4, 0.5) is 0 Å². The molecule has 0 saturated carbocycles. The molecule has 0 aliphatic heterocycles. The van der Waals surface area contributed by atoms with Crippen molar-refractivity contribution in [1.82, 2.24) is 4.98 Å². The third kappa shape index (κ3) is 1.43. The average Bonchev–Trinajstić information content (AvgIpc) is 2.06. The maximum Gasteiger partial charge on any atom is 0.360 e. The summed E-state index contributed by atoms with van der Waals surface area (Å²) in [5.74, 6) is -1.55. The van der Waals surface area contributed by atoms with Gasteiger partial charge in [-0.3, -0.25) is 0 Å². The summed E-state index contributed by atoms with van der Waals surface area (Å²) >= 11 is 0. The standard InChI is InChI=1S/C6H6N2O3/c1-4-2-7-5(6(9)10)3-8(4)11/h2-3H,1H3,(H,9,10)/i1D3,3D. The molecule has 11 heavy (non-hydrogen) atoms. The molecule has 0 fully saturated rings. The van der Waals surface area contributed by atoms with E-state index in [0.717, 1.165) is 0 Å². The van der Waals surface area contributed by atoms with Crippen LogP contribution in [0.3, 0.4) is 0 Å². The van der Waals surface area contributed by atoms with Crippen molar-refractivity contribution in [1.29, 1.82) is 0 Å². The molecular weight excluding hydrogens is 148 g/mol. The van der Waals surface area contributed by atoms with Gasteiger partial charge in [0.25, 0.3) is 0 Å². The van der Waals surface area contributed by atoms with E-state index in [2.05, 4.69) is 4.98 Å². The fourth-order valence-electron chi connectivity index (χ4n) is 0.466. The number of carboxylic acid groups (broad SMARTS) is 1. The van der Waals surface area contributed by atoms with Crippen LogP contribution in [0.15, 0.2) is 12.4 Å². The van der Waals surface area contributed by atoms with Gasteiger partial charge in [-0.1, -0.05) is 0 Å². The zero-order valence-electron chi connectivity index (χ0n) is 9.24. The monoisotopic (exact) mass is 158 g/mol. The van der Waals surface area contributed by atoms with Gasteiger partial charge in [0.1, 0.15) is 1.37 Å². The van der Waals surface area contributed by atoms with Crippen molar-refractivity contribution in [3.05, 3.63) is 29.0 Å². The average molecular weight is 158 g/mol. The summed E-state index contributed by atoms with van der Waals surface area (Å²) in [7, 11) is 0. The Balaban J connectivity index is 3.41. The minimum Gasteiger partial charge on any atom is -0.618 e. The van der Waals surface area contributed by atoms with Gasteiger partial charge in [0.2, 0.25) is 17.6 Å². The molecule has 0 spiro atoms. The normalized spacial score (nSPS) is 16.0. The van der Waals surface area contributed by atoms with Crippen LogP contribution < -0.4 is 4.73 Å².